The molecule has 0 fully saturated rings. The molecule has 0 saturated heterocycles. The number of ether oxygens (including phenoxy) is 2. The van der Waals surface area contributed by atoms with Gasteiger partial charge < -0.3 is 14.8 Å². The second-order valence-electron chi connectivity index (χ2n) is 7.57. The number of rotatable bonds is 6. The molecule has 2 aliphatic rings. The Bertz CT molecular complexity index is 691. The second kappa shape index (κ2) is 7.98. The van der Waals surface area contributed by atoms with Crippen LogP contribution < -0.4 is 5.32 Å². The molecule has 1 N–H and O–H groups in total. The fraction of sp³-hybridized carbons (Fsp3) is 0.500. The highest BCUT2D eigenvalue weighted by molar-refractivity contribution is 5.73. The first-order valence-corrected chi connectivity index (χ1v) is 9.53. The minimum Gasteiger partial charge on any atom is -0.471 e. The molecule has 1 aromatic rings. The van der Waals surface area contributed by atoms with E-state index in [1.54, 1.807) is 0 Å². The topological polar surface area (TPSA) is 47.6 Å². The molecule has 0 aromatic heterocycles. The predicted molar refractivity (Wildman–Crippen MR) is 102 cm³/mol. The van der Waals surface area contributed by atoms with E-state index in [9.17, 15) is 4.79 Å². The van der Waals surface area contributed by atoms with E-state index < -0.39 is 5.72 Å². The van der Waals surface area contributed by atoms with Gasteiger partial charge in [0.1, 0.15) is 5.76 Å². The second-order valence-corrected chi connectivity index (χ2v) is 7.57. The Hall–Kier alpha value is -2.23. The number of allylic oxidation sites excluding steroid dienone is 4. The molecule has 0 saturated carbocycles. The molecule has 4 nitrogen and oxygen atoms in total. The number of hydrogen-bond donors (Lipinski definition) is 1. The zero-order valence-electron chi connectivity index (χ0n) is 16.0. The van der Waals surface area contributed by atoms with Crippen molar-refractivity contribution in [2.45, 2.75) is 52.2 Å². The third-order valence-electron chi connectivity index (χ3n) is 4.99. The lowest BCUT2D eigenvalue weighted by Gasteiger charge is -2.28. The normalized spacial score (nSPS) is 24.1. The fourth-order valence-corrected chi connectivity index (χ4v) is 3.81. The largest absolute Gasteiger partial charge is 0.471 e. The Balaban J connectivity index is 1.78. The monoisotopic (exact) mass is 355 g/mol. The predicted octanol–water partition coefficient (Wildman–Crippen LogP) is 4.33. The van der Waals surface area contributed by atoms with Crippen molar-refractivity contribution in [3.63, 3.8) is 0 Å². The molecule has 4 heteroatoms. The number of carbonyl (C=O) groups is 1. The number of hydrogen-bond acceptors (Lipinski definition) is 4. The third-order valence-corrected chi connectivity index (χ3v) is 4.99. The molecule has 0 spiro atoms. The number of nitrogens with one attached hydrogen (secondary N) is 1. The van der Waals surface area contributed by atoms with Gasteiger partial charge in [-0.3, -0.25) is 4.79 Å². The van der Waals surface area contributed by atoms with Crippen LogP contribution in [0.3, 0.4) is 0 Å². The average molecular weight is 355 g/mol. The maximum Gasteiger partial charge on any atom is 0.309 e. The Morgan fingerprint density at radius 1 is 1.23 bits per heavy atom. The molecule has 2 unspecified atom stereocenters. The van der Waals surface area contributed by atoms with Crippen LogP contribution in [0.15, 0.2) is 53.9 Å². The first kappa shape index (κ1) is 18.6. The van der Waals surface area contributed by atoms with Crippen molar-refractivity contribution in [2.24, 2.45) is 11.8 Å². The van der Waals surface area contributed by atoms with E-state index in [1.165, 1.54) is 5.56 Å². The Morgan fingerprint density at radius 2 is 1.96 bits per heavy atom. The molecule has 0 bridgehead atoms. The van der Waals surface area contributed by atoms with E-state index in [-0.39, 0.29) is 17.8 Å². The molecular formula is C22H29NO3. The van der Waals surface area contributed by atoms with E-state index in [2.05, 4.69) is 41.7 Å². The van der Waals surface area contributed by atoms with Gasteiger partial charge in [-0.1, -0.05) is 42.5 Å². The highest BCUT2D eigenvalue weighted by atomic mass is 16.5. The van der Waals surface area contributed by atoms with Gasteiger partial charge in [-0.2, -0.15) is 0 Å². The van der Waals surface area contributed by atoms with Gasteiger partial charge in [-0.05, 0) is 45.1 Å². The summed E-state index contributed by atoms with van der Waals surface area (Å²) in [6.07, 6.45) is 7.47. The van der Waals surface area contributed by atoms with Gasteiger partial charge in [-0.25, -0.2) is 0 Å². The number of benzene rings is 1. The fourth-order valence-electron chi connectivity index (χ4n) is 3.81. The maximum absolute atomic E-state index is 12.4. The van der Waals surface area contributed by atoms with E-state index in [0.717, 1.165) is 37.1 Å². The maximum atomic E-state index is 12.4. The Kier molecular flexibility index (Phi) is 5.70. The lowest BCUT2D eigenvalue weighted by Crippen LogP contribution is -2.35. The molecule has 3 rings (SSSR count). The molecule has 2 atom stereocenters. The van der Waals surface area contributed by atoms with Crippen LogP contribution in [-0.2, 0) is 20.7 Å². The third kappa shape index (κ3) is 4.48. The zero-order valence-corrected chi connectivity index (χ0v) is 16.0. The van der Waals surface area contributed by atoms with Gasteiger partial charge in [-0.15, -0.1) is 0 Å². The molecule has 1 aliphatic heterocycles. The SMILES string of the molecule is CCOC(=O)C1CC=CCC1CC1=C(Cc2ccccc2)NC(C)(C)O1. The van der Waals surface area contributed by atoms with Gasteiger partial charge >= 0.3 is 5.97 Å². The summed E-state index contributed by atoms with van der Waals surface area (Å²) in [5.74, 6) is 1.03. The van der Waals surface area contributed by atoms with Crippen molar-refractivity contribution < 1.29 is 14.3 Å². The van der Waals surface area contributed by atoms with Crippen LogP contribution in [0.5, 0.6) is 0 Å². The summed E-state index contributed by atoms with van der Waals surface area (Å²) < 4.78 is 11.5. The Morgan fingerprint density at radius 3 is 2.69 bits per heavy atom. The summed E-state index contributed by atoms with van der Waals surface area (Å²) in [6, 6.07) is 10.4. The smallest absolute Gasteiger partial charge is 0.309 e. The van der Waals surface area contributed by atoms with Crippen LogP contribution in [0.25, 0.3) is 0 Å². The standard InChI is InChI=1S/C22H29NO3/c1-4-25-21(24)18-13-9-8-12-17(18)15-20-19(23-22(2,3)26-20)14-16-10-6-5-7-11-16/h5-11,17-18,23H,4,12-15H2,1-3H3. The number of esters is 1. The highest BCUT2D eigenvalue weighted by Gasteiger charge is 2.36. The van der Waals surface area contributed by atoms with Gasteiger partial charge in [0, 0.05) is 12.8 Å². The first-order chi connectivity index (χ1) is 12.5. The summed E-state index contributed by atoms with van der Waals surface area (Å²) in [6.45, 7) is 6.36. The summed E-state index contributed by atoms with van der Waals surface area (Å²) in [5, 5.41) is 3.51. The van der Waals surface area contributed by atoms with Gasteiger partial charge in [0.15, 0.2) is 5.72 Å². The van der Waals surface area contributed by atoms with E-state index >= 15 is 0 Å². The minimum absolute atomic E-state index is 0.0854. The van der Waals surface area contributed by atoms with Crippen LogP contribution in [0.2, 0.25) is 0 Å². The van der Waals surface area contributed by atoms with Crippen LogP contribution in [-0.4, -0.2) is 18.3 Å². The van der Waals surface area contributed by atoms with Crippen molar-refractivity contribution in [3.05, 3.63) is 59.5 Å². The lowest BCUT2D eigenvalue weighted by molar-refractivity contribution is -0.150. The Labute approximate surface area is 156 Å². The van der Waals surface area contributed by atoms with Gasteiger partial charge in [0.25, 0.3) is 0 Å². The molecule has 140 valence electrons. The summed E-state index contributed by atoms with van der Waals surface area (Å²) in [7, 11) is 0. The van der Waals surface area contributed by atoms with Crippen molar-refractivity contribution in [3.8, 4) is 0 Å². The molecule has 0 radical (unpaired) electrons. The lowest BCUT2D eigenvalue weighted by atomic mass is 9.80. The molecule has 0 amide bonds. The summed E-state index contributed by atoms with van der Waals surface area (Å²) >= 11 is 0. The summed E-state index contributed by atoms with van der Waals surface area (Å²) in [4.78, 5) is 12.4. The molecule has 1 aliphatic carbocycles. The van der Waals surface area contributed by atoms with Crippen molar-refractivity contribution in [2.75, 3.05) is 6.61 Å². The first-order valence-electron chi connectivity index (χ1n) is 9.53. The van der Waals surface area contributed by atoms with E-state index in [0.29, 0.717) is 6.61 Å². The van der Waals surface area contributed by atoms with E-state index in [1.807, 2.05) is 26.8 Å². The van der Waals surface area contributed by atoms with Crippen LogP contribution >= 0.6 is 0 Å². The van der Waals surface area contributed by atoms with Crippen LogP contribution in [0.4, 0.5) is 0 Å². The average Bonchev–Trinajstić information content (AvgIpc) is 2.89. The van der Waals surface area contributed by atoms with Crippen molar-refractivity contribution in [1.82, 2.24) is 5.32 Å². The quantitative estimate of drug-likeness (QED) is 0.609. The molecule has 1 heterocycles. The van der Waals surface area contributed by atoms with Gasteiger partial charge in [0.2, 0.25) is 0 Å². The molecular weight excluding hydrogens is 326 g/mol. The zero-order chi connectivity index (χ0) is 18.6. The van der Waals surface area contributed by atoms with Crippen LogP contribution in [0.1, 0.15) is 45.6 Å². The van der Waals surface area contributed by atoms with Crippen molar-refractivity contribution in [1.29, 1.82) is 0 Å². The summed E-state index contributed by atoms with van der Waals surface area (Å²) in [5.41, 5.74) is 1.96. The minimum atomic E-state index is -0.413. The van der Waals surface area contributed by atoms with Crippen molar-refractivity contribution >= 4 is 5.97 Å². The molecule has 26 heavy (non-hydrogen) atoms. The number of carbonyl (C=O) groups excluding carboxylic acids is 1. The highest BCUT2D eigenvalue weighted by Crippen LogP contribution is 2.37. The van der Waals surface area contributed by atoms with Crippen LogP contribution in [0, 0.1) is 11.8 Å². The van der Waals surface area contributed by atoms with E-state index in [4.69, 9.17) is 9.47 Å². The molecule has 1 aromatic carbocycles. The van der Waals surface area contributed by atoms with Gasteiger partial charge in [0.05, 0.1) is 18.2 Å².